The van der Waals surface area contributed by atoms with Crippen molar-refractivity contribution in [3.05, 3.63) is 59.0 Å². The molecule has 0 aliphatic carbocycles. The first-order chi connectivity index (χ1) is 12.3. The first-order valence-corrected chi connectivity index (χ1v) is 8.46. The minimum atomic E-state index is 0.632. The van der Waals surface area contributed by atoms with Crippen LogP contribution in [0.5, 0.6) is 5.75 Å². The molecule has 25 heavy (non-hydrogen) atoms. The molecule has 0 unspecified atom stereocenters. The minimum Gasteiger partial charge on any atom is -0.497 e. The van der Waals surface area contributed by atoms with Crippen molar-refractivity contribution in [1.82, 2.24) is 15.0 Å². The number of aromatic nitrogens is 3. The van der Waals surface area contributed by atoms with Gasteiger partial charge in [-0.05, 0) is 47.3 Å². The van der Waals surface area contributed by atoms with E-state index in [-0.39, 0.29) is 0 Å². The van der Waals surface area contributed by atoms with Gasteiger partial charge in [0, 0.05) is 17.3 Å². The van der Waals surface area contributed by atoms with Crippen LogP contribution in [-0.4, -0.2) is 28.3 Å². The summed E-state index contributed by atoms with van der Waals surface area (Å²) in [6.07, 6.45) is 4.35. The number of carbonyl (C=O) groups is 1. The molecule has 4 aromatic rings. The first kappa shape index (κ1) is 15.4. The number of rotatable bonds is 4. The summed E-state index contributed by atoms with van der Waals surface area (Å²) < 4.78 is 5.18. The highest BCUT2D eigenvalue weighted by molar-refractivity contribution is 7.12. The average Bonchev–Trinajstić information content (AvgIpc) is 3.16. The van der Waals surface area contributed by atoms with Crippen molar-refractivity contribution in [2.75, 3.05) is 7.11 Å². The average molecular weight is 347 g/mol. The van der Waals surface area contributed by atoms with Crippen molar-refractivity contribution in [3.8, 4) is 28.3 Å². The molecule has 0 saturated heterocycles. The molecule has 0 saturated carbocycles. The molecule has 4 rings (SSSR count). The molecule has 0 aliphatic rings. The fourth-order valence-electron chi connectivity index (χ4n) is 2.52. The molecule has 0 amide bonds. The van der Waals surface area contributed by atoms with Gasteiger partial charge in [0.1, 0.15) is 11.3 Å². The molecular formula is C19H13N3O2S. The maximum atomic E-state index is 10.9. The predicted octanol–water partition coefficient (Wildman–Crippen LogP) is 4.24. The summed E-state index contributed by atoms with van der Waals surface area (Å²) in [7, 11) is 1.63. The Labute approximate surface area is 148 Å². The Morgan fingerprint density at radius 3 is 2.52 bits per heavy atom. The number of aldehydes is 1. The molecule has 0 spiro atoms. The lowest BCUT2D eigenvalue weighted by Gasteiger charge is -2.05. The second kappa shape index (κ2) is 6.41. The normalized spacial score (nSPS) is 10.8. The topological polar surface area (TPSA) is 65.0 Å². The molecule has 0 atom stereocenters. The zero-order chi connectivity index (χ0) is 17.2. The van der Waals surface area contributed by atoms with Gasteiger partial charge in [-0.2, -0.15) is 0 Å². The molecule has 122 valence electrons. The summed E-state index contributed by atoms with van der Waals surface area (Å²) in [6.45, 7) is 0. The van der Waals surface area contributed by atoms with E-state index in [1.54, 1.807) is 19.5 Å². The van der Waals surface area contributed by atoms with E-state index in [0.717, 1.165) is 39.8 Å². The van der Waals surface area contributed by atoms with Crippen LogP contribution in [-0.2, 0) is 0 Å². The smallest absolute Gasteiger partial charge is 0.160 e. The third-order valence-electron chi connectivity index (χ3n) is 3.85. The number of methoxy groups -OCH3 is 1. The Morgan fingerprint density at radius 2 is 1.80 bits per heavy atom. The number of carbonyl (C=O) groups excluding carboxylic acids is 1. The fraction of sp³-hybridized carbons (Fsp3) is 0.0526. The monoisotopic (exact) mass is 347 g/mol. The largest absolute Gasteiger partial charge is 0.497 e. The second-order valence-electron chi connectivity index (χ2n) is 5.41. The zero-order valence-corrected chi connectivity index (χ0v) is 14.2. The SMILES string of the molecule is COc1ccc(-c2ncc3ncc(-c4csc(C=O)c4)cc3n2)cc1. The van der Waals surface area contributed by atoms with Crippen LogP contribution in [0.4, 0.5) is 0 Å². The van der Waals surface area contributed by atoms with Crippen molar-refractivity contribution >= 4 is 28.7 Å². The highest BCUT2D eigenvalue weighted by atomic mass is 32.1. The van der Waals surface area contributed by atoms with Gasteiger partial charge >= 0.3 is 0 Å². The molecule has 0 N–H and O–H groups in total. The van der Waals surface area contributed by atoms with Crippen LogP contribution in [0.2, 0.25) is 0 Å². The highest BCUT2D eigenvalue weighted by Crippen LogP contribution is 2.27. The van der Waals surface area contributed by atoms with Crippen LogP contribution in [0.1, 0.15) is 9.67 Å². The van der Waals surface area contributed by atoms with E-state index in [4.69, 9.17) is 4.74 Å². The van der Waals surface area contributed by atoms with E-state index in [1.807, 2.05) is 41.8 Å². The van der Waals surface area contributed by atoms with Crippen LogP contribution >= 0.6 is 11.3 Å². The van der Waals surface area contributed by atoms with Crippen molar-refractivity contribution in [2.24, 2.45) is 0 Å². The number of fused-ring (bicyclic) bond motifs is 1. The van der Waals surface area contributed by atoms with E-state index in [1.165, 1.54) is 11.3 Å². The summed E-state index contributed by atoms with van der Waals surface area (Å²) in [5.41, 5.74) is 4.29. The van der Waals surface area contributed by atoms with Crippen LogP contribution in [0.3, 0.4) is 0 Å². The van der Waals surface area contributed by atoms with Crippen molar-refractivity contribution < 1.29 is 9.53 Å². The number of benzene rings is 1. The summed E-state index contributed by atoms with van der Waals surface area (Å²) in [5, 5.41) is 1.94. The van der Waals surface area contributed by atoms with Crippen LogP contribution < -0.4 is 4.74 Å². The molecule has 3 heterocycles. The van der Waals surface area contributed by atoms with Gasteiger partial charge in [0.15, 0.2) is 12.1 Å². The highest BCUT2D eigenvalue weighted by Gasteiger charge is 2.08. The number of ether oxygens (including phenoxy) is 1. The zero-order valence-electron chi connectivity index (χ0n) is 13.3. The van der Waals surface area contributed by atoms with E-state index in [2.05, 4.69) is 15.0 Å². The molecule has 6 heteroatoms. The van der Waals surface area contributed by atoms with Crippen molar-refractivity contribution in [2.45, 2.75) is 0 Å². The Kier molecular flexibility index (Phi) is 3.95. The number of thiophene rings is 1. The lowest BCUT2D eigenvalue weighted by molar-refractivity contribution is 0.112. The van der Waals surface area contributed by atoms with Gasteiger partial charge in [0.2, 0.25) is 0 Å². The number of hydrogen-bond acceptors (Lipinski definition) is 6. The van der Waals surface area contributed by atoms with E-state index in [9.17, 15) is 4.79 Å². The number of pyridine rings is 1. The second-order valence-corrected chi connectivity index (χ2v) is 6.35. The summed E-state index contributed by atoms with van der Waals surface area (Å²) >= 11 is 1.41. The molecule has 3 aromatic heterocycles. The van der Waals surface area contributed by atoms with Gasteiger partial charge in [-0.3, -0.25) is 9.78 Å². The van der Waals surface area contributed by atoms with Crippen LogP contribution in [0, 0.1) is 0 Å². The Morgan fingerprint density at radius 1 is 0.960 bits per heavy atom. The number of hydrogen-bond donors (Lipinski definition) is 0. The predicted molar refractivity (Wildman–Crippen MR) is 98.0 cm³/mol. The number of nitrogens with zero attached hydrogens (tertiary/aromatic N) is 3. The van der Waals surface area contributed by atoms with Crippen molar-refractivity contribution in [1.29, 1.82) is 0 Å². The molecule has 5 nitrogen and oxygen atoms in total. The van der Waals surface area contributed by atoms with E-state index < -0.39 is 0 Å². The van der Waals surface area contributed by atoms with E-state index >= 15 is 0 Å². The quantitative estimate of drug-likeness (QED) is 0.517. The fourth-order valence-corrected chi connectivity index (χ4v) is 3.24. The lowest BCUT2D eigenvalue weighted by Crippen LogP contribution is -1.92. The molecule has 0 bridgehead atoms. The maximum Gasteiger partial charge on any atom is 0.160 e. The van der Waals surface area contributed by atoms with Gasteiger partial charge in [-0.15, -0.1) is 11.3 Å². The van der Waals surface area contributed by atoms with Gasteiger partial charge in [-0.25, -0.2) is 9.97 Å². The molecule has 0 radical (unpaired) electrons. The third kappa shape index (κ3) is 2.99. The summed E-state index contributed by atoms with van der Waals surface area (Å²) in [6, 6.07) is 11.4. The molecule has 1 aromatic carbocycles. The first-order valence-electron chi connectivity index (χ1n) is 7.58. The van der Waals surface area contributed by atoms with Crippen LogP contribution in [0.25, 0.3) is 33.5 Å². The third-order valence-corrected chi connectivity index (χ3v) is 4.71. The maximum absolute atomic E-state index is 10.9. The van der Waals surface area contributed by atoms with Crippen molar-refractivity contribution in [3.63, 3.8) is 0 Å². The Hall–Kier alpha value is -3.12. The molecule has 0 fully saturated rings. The molecular weight excluding hydrogens is 334 g/mol. The summed E-state index contributed by atoms with van der Waals surface area (Å²) in [4.78, 5) is 25.0. The minimum absolute atomic E-state index is 0.632. The summed E-state index contributed by atoms with van der Waals surface area (Å²) in [5.74, 6) is 1.42. The standard InChI is InChI=1S/C19H13N3O2S/c1-24-15-4-2-12(3-5-15)19-21-9-18-17(22-19)7-13(8-20-18)14-6-16(10-23)25-11-14/h2-11H,1H3. The van der Waals surface area contributed by atoms with Gasteiger partial charge in [0.05, 0.1) is 23.7 Å². The lowest BCUT2D eigenvalue weighted by atomic mass is 10.1. The molecule has 0 aliphatic heterocycles. The Bertz CT molecular complexity index is 1060. The Balaban J connectivity index is 1.76. The van der Waals surface area contributed by atoms with E-state index in [0.29, 0.717) is 10.7 Å². The van der Waals surface area contributed by atoms with Crippen LogP contribution in [0.15, 0.2) is 54.2 Å². The van der Waals surface area contributed by atoms with Gasteiger partial charge in [-0.1, -0.05) is 0 Å². The van der Waals surface area contributed by atoms with Gasteiger partial charge in [0.25, 0.3) is 0 Å². The van der Waals surface area contributed by atoms with Gasteiger partial charge < -0.3 is 4.74 Å².